The number of carbonyl (C=O) groups excluding carboxylic acids is 2. The average molecular weight is 601 g/mol. The summed E-state index contributed by atoms with van der Waals surface area (Å²) in [6.45, 7) is 3.81. The zero-order chi connectivity index (χ0) is 30.1. The molecule has 0 saturated heterocycles. The number of hydrogen-bond donors (Lipinski definition) is 1. The van der Waals surface area contributed by atoms with Crippen molar-refractivity contribution in [2.24, 2.45) is 0 Å². The summed E-state index contributed by atoms with van der Waals surface area (Å²) < 4.78 is 31.2. The van der Waals surface area contributed by atoms with Crippen molar-refractivity contribution in [2.75, 3.05) is 17.2 Å². The minimum Gasteiger partial charge on any atom is -0.352 e. The number of aromatic nitrogens is 2. The maximum absolute atomic E-state index is 15.5. The number of amides is 2. The summed E-state index contributed by atoms with van der Waals surface area (Å²) in [4.78, 5) is 28.9. The fraction of sp³-hybridized carbons (Fsp3) is 0.324. The molecule has 1 fully saturated rings. The van der Waals surface area contributed by atoms with Crippen molar-refractivity contribution in [3.63, 3.8) is 0 Å². The van der Waals surface area contributed by atoms with Crippen LogP contribution in [0.4, 0.5) is 14.6 Å². The summed E-state index contributed by atoms with van der Waals surface area (Å²) >= 11 is 1.26. The first kappa shape index (κ1) is 29.1. The summed E-state index contributed by atoms with van der Waals surface area (Å²) in [5.41, 5.74) is 5.00. The van der Waals surface area contributed by atoms with Gasteiger partial charge in [-0.2, -0.15) is 5.10 Å². The smallest absolute Gasteiger partial charge is 0.240 e. The van der Waals surface area contributed by atoms with Crippen molar-refractivity contribution < 1.29 is 18.4 Å². The van der Waals surface area contributed by atoms with Gasteiger partial charge in [-0.3, -0.25) is 14.5 Å². The van der Waals surface area contributed by atoms with E-state index in [1.165, 1.54) is 28.8 Å². The van der Waals surface area contributed by atoms with Gasteiger partial charge in [-0.1, -0.05) is 67.8 Å². The topological polar surface area (TPSA) is 67.2 Å². The average Bonchev–Trinajstić information content (AvgIpc) is 3.32. The molecule has 6 nitrogen and oxygen atoms in total. The van der Waals surface area contributed by atoms with Crippen LogP contribution in [0.5, 0.6) is 0 Å². The van der Waals surface area contributed by atoms with Crippen molar-refractivity contribution in [3.8, 4) is 16.9 Å². The summed E-state index contributed by atoms with van der Waals surface area (Å²) in [6.07, 6.45) is 5.14. The number of hydrogen-bond acceptors (Lipinski definition) is 4. The van der Waals surface area contributed by atoms with Crippen LogP contribution in [0, 0.1) is 25.5 Å². The van der Waals surface area contributed by atoms with E-state index >= 15 is 4.39 Å². The molecule has 2 aliphatic rings. The van der Waals surface area contributed by atoms with E-state index in [9.17, 15) is 14.0 Å². The highest BCUT2D eigenvalue weighted by atomic mass is 32.2. The van der Waals surface area contributed by atoms with E-state index < -0.39 is 16.9 Å². The molecule has 0 bridgehead atoms. The van der Waals surface area contributed by atoms with Crippen LogP contribution < -0.4 is 10.2 Å². The maximum atomic E-state index is 15.5. The molecule has 1 unspecified atom stereocenters. The first-order valence-electron chi connectivity index (χ1n) is 14.7. The number of carbonyl (C=O) groups is 2. The predicted octanol–water partition coefficient (Wildman–Crippen LogP) is 7.05. The minimum absolute atomic E-state index is 0.00784. The third-order valence-electron chi connectivity index (χ3n) is 8.46. The van der Waals surface area contributed by atoms with Gasteiger partial charge in [0.05, 0.1) is 22.4 Å². The van der Waals surface area contributed by atoms with Crippen LogP contribution in [-0.4, -0.2) is 39.9 Å². The summed E-state index contributed by atoms with van der Waals surface area (Å²) in [6, 6.07) is 19.0. The molecule has 2 heterocycles. The molecular formula is C34H34F2N4O2S. The number of nitrogens with zero attached hydrogens (tertiary/aromatic N) is 3. The lowest BCUT2D eigenvalue weighted by Crippen LogP contribution is -2.46. The van der Waals surface area contributed by atoms with Crippen molar-refractivity contribution in [1.82, 2.24) is 15.1 Å². The zero-order valence-corrected chi connectivity index (χ0v) is 25.1. The second-order valence-corrected chi connectivity index (χ2v) is 12.4. The van der Waals surface area contributed by atoms with E-state index in [1.807, 2.05) is 62.4 Å². The van der Waals surface area contributed by atoms with Gasteiger partial charge in [-0.25, -0.2) is 13.5 Å². The highest BCUT2D eigenvalue weighted by molar-refractivity contribution is 8.00. The lowest BCUT2D eigenvalue weighted by molar-refractivity contribution is -0.123. The van der Waals surface area contributed by atoms with Crippen LogP contribution in [0.3, 0.4) is 0 Å². The van der Waals surface area contributed by atoms with Gasteiger partial charge in [-0.15, -0.1) is 11.8 Å². The Kier molecular flexibility index (Phi) is 8.34. The molecule has 2 amide bonds. The van der Waals surface area contributed by atoms with Gasteiger partial charge >= 0.3 is 0 Å². The van der Waals surface area contributed by atoms with E-state index in [4.69, 9.17) is 5.10 Å². The van der Waals surface area contributed by atoms with E-state index in [0.29, 0.717) is 17.1 Å². The summed E-state index contributed by atoms with van der Waals surface area (Å²) in [5, 5.41) is 7.55. The Hall–Kier alpha value is -3.98. The second kappa shape index (κ2) is 12.3. The van der Waals surface area contributed by atoms with Crippen LogP contribution in [0.2, 0.25) is 0 Å². The number of thioether (sulfide) groups is 1. The molecule has 1 saturated carbocycles. The number of fused-ring (bicyclic) bond motifs is 1. The fourth-order valence-corrected chi connectivity index (χ4v) is 7.30. The van der Waals surface area contributed by atoms with Gasteiger partial charge in [0.15, 0.2) is 0 Å². The van der Waals surface area contributed by atoms with Crippen LogP contribution >= 0.6 is 11.8 Å². The fourth-order valence-electron chi connectivity index (χ4n) is 6.08. The molecular weight excluding hydrogens is 566 g/mol. The molecule has 1 aliphatic heterocycles. The van der Waals surface area contributed by atoms with Crippen molar-refractivity contribution in [2.45, 2.75) is 57.2 Å². The van der Waals surface area contributed by atoms with Crippen molar-refractivity contribution in [3.05, 3.63) is 101 Å². The first-order chi connectivity index (χ1) is 20.8. The predicted molar refractivity (Wildman–Crippen MR) is 167 cm³/mol. The number of nitrogens with one attached hydrogen (secondary N) is 1. The standard InChI is InChI=1S/C34H34F2N4O2S/c1-21-10-9-15-28(22(21)2)40-34-31(32(38-40)23-11-5-3-6-12-23)33(26-17-16-24(35)18-27(26)36)43-20-30(42)39(34)19-29(41)37-25-13-7-4-8-14-25/h3,5-6,9-12,15-18,25,33H,4,7-8,13-14,19-20H2,1-2H3,(H,37,41). The van der Waals surface area contributed by atoms with Crippen molar-refractivity contribution >= 4 is 29.4 Å². The number of halogens is 2. The molecule has 222 valence electrons. The third-order valence-corrected chi connectivity index (χ3v) is 9.69. The number of anilines is 1. The first-order valence-corrected chi connectivity index (χ1v) is 15.8. The van der Waals surface area contributed by atoms with Crippen LogP contribution in [0.1, 0.15) is 59.6 Å². The van der Waals surface area contributed by atoms with Gasteiger partial charge < -0.3 is 5.32 Å². The molecule has 6 rings (SSSR count). The van der Waals surface area contributed by atoms with Gasteiger partial charge in [0.2, 0.25) is 11.8 Å². The van der Waals surface area contributed by atoms with Gasteiger partial charge in [0, 0.05) is 28.8 Å². The van der Waals surface area contributed by atoms with Crippen LogP contribution in [-0.2, 0) is 9.59 Å². The van der Waals surface area contributed by atoms with Crippen molar-refractivity contribution in [1.29, 1.82) is 0 Å². The normalized spacial score (nSPS) is 17.4. The largest absolute Gasteiger partial charge is 0.352 e. The Morgan fingerprint density at radius 2 is 1.77 bits per heavy atom. The Morgan fingerprint density at radius 1 is 1.00 bits per heavy atom. The third kappa shape index (κ3) is 5.83. The van der Waals surface area contributed by atoms with Crippen LogP contribution in [0.25, 0.3) is 16.9 Å². The Balaban J connectivity index is 1.58. The molecule has 1 atom stereocenters. The Morgan fingerprint density at radius 3 is 2.51 bits per heavy atom. The molecule has 1 N–H and O–H groups in total. The van der Waals surface area contributed by atoms with Gasteiger partial charge in [0.25, 0.3) is 0 Å². The van der Waals surface area contributed by atoms with E-state index in [1.54, 1.807) is 4.68 Å². The molecule has 9 heteroatoms. The van der Waals surface area contributed by atoms with E-state index in [2.05, 4.69) is 5.32 Å². The molecule has 0 radical (unpaired) electrons. The van der Waals surface area contributed by atoms with E-state index in [0.717, 1.165) is 60.5 Å². The maximum Gasteiger partial charge on any atom is 0.240 e. The van der Waals surface area contributed by atoms with Gasteiger partial charge in [-0.05, 0) is 49.9 Å². The lowest BCUT2D eigenvalue weighted by atomic mass is 9.95. The minimum atomic E-state index is -0.696. The molecule has 0 spiro atoms. The SMILES string of the molecule is Cc1cccc(-n2nc(-c3ccccc3)c3c2N(CC(=O)NC2CCCCC2)C(=O)CSC3c2ccc(F)cc2F)c1C. The molecule has 4 aromatic rings. The number of benzene rings is 3. The monoisotopic (exact) mass is 600 g/mol. The highest BCUT2D eigenvalue weighted by Crippen LogP contribution is 2.49. The zero-order valence-electron chi connectivity index (χ0n) is 24.3. The number of rotatable bonds is 6. The lowest BCUT2D eigenvalue weighted by Gasteiger charge is -2.27. The van der Waals surface area contributed by atoms with E-state index in [-0.39, 0.29) is 35.7 Å². The molecule has 3 aromatic carbocycles. The van der Waals surface area contributed by atoms with Crippen LogP contribution in [0.15, 0.2) is 66.7 Å². The summed E-state index contributed by atoms with van der Waals surface area (Å²) in [5.74, 6) is -1.45. The molecule has 43 heavy (non-hydrogen) atoms. The Labute approximate surface area is 254 Å². The highest BCUT2D eigenvalue weighted by Gasteiger charge is 2.39. The quantitative estimate of drug-likeness (QED) is 0.258. The number of aryl methyl sites for hydroxylation is 1. The molecule has 1 aliphatic carbocycles. The van der Waals surface area contributed by atoms with Gasteiger partial charge in [0.1, 0.15) is 24.0 Å². The summed E-state index contributed by atoms with van der Waals surface area (Å²) in [7, 11) is 0. The Bertz CT molecular complexity index is 1670. The second-order valence-electron chi connectivity index (χ2n) is 11.3. The molecule has 1 aromatic heterocycles.